The first-order chi connectivity index (χ1) is 8.02. The third kappa shape index (κ3) is 3.22. The number of ether oxygens (including phenoxy) is 1. The van der Waals surface area contributed by atoms with E-state index in [9.17, 15) is 4.79 Å². The zero-order valence-electron chi connectivity index (χ0n) is 9.84. The number of hydrogen-bond donors (Lipinski definition) is 0. The monoisotopic (exact) mass is 362 g/mol. The summed E-state index contributed by atoms with van der Waals surface area (Å²) in [5.74, 6) is -0.133. The van der Waals surface area contributed by atoms with Crippen molar-refractivity contribution in [2.24, 2.45) is 0 Å². The number of carbonyl (C=O) groups is 1. The SMILES string of the molecule is CCOC(=O)CC1(Br)C=CC2=C(CC(Br)C2)C1. The molecular formula is C13H16Br2O2. The molecule has 0 aromatic rings. The summed E-state index contributed by atoms with van der Waals surface area (Å²) < 4.78 is 4.77. The van der Waals surface area contributed by atoms with Crippen molar-refractivity contribution < 1.29 is 9.53 Å². The molecule has 2 atom stereocenters. The lowest BCUT2D eigenvalue weighted by atomic mass is 9.89. The van der Waals surface area contributed by atoms with E-state index in [1.165, 1.54) is 11.1 Å². The van der Waals surface area contributed by atoms with Gasteiger partial charge in [-0.15, -0.1) is 0 Å². The highest BCUT2D eigenvalue weighted by atomic mass is 79.9. The number of rotatable bonds is 3. The molecule has 2 rings (SSSR count). The van der Waals surface area contributed by atoms with Gasteiger partial charge in [-0.1, -0.05) is 49.6 Å². The van der Waals surface area contributed by atoms with Gasteiger partial charge in [-0.2, -0.15) is 0 Å². The van der Waals surface area contributed by atoms with Crippen LogP contribution in [0.5, 0.6) is 0 Å². The highest BCUT2D eigenvalue weighted by Crippen LogP contribution is 2.44. The van der Waals surface area contributed by atoms with Crippen molar-refractivity contribution in [3.8, 4) is 0 Å². The van der Waals surface area contributed by atoms with Crippen LogP contribution in [-0.4, -0.2) is 21.7 Å². The molecule has 2 aliphatic carbocycles. The number of hydrogen-bond acceptors (Lipinski definition) is 2. The molecule has 2 unspecified atom stereocenters. The van der Waals surface area contributed by atoms with Gasteiger partial charge < -0.3 is 4.74 Å². The Labute approximate surface area is 119 Å². The average Bonchev–Trinajstić information content (AvgIpc) is 2.56. The normalized spacial score (nSPS) is 31.6. The minimum absolute atomic E-state index is 0.133. The molecule has 94 valence electrons. The molecule has 0 bridgehead atoms. The van der Waals surface area contributed by atoms with Crippen LogP contribution >= 0.6 is 31.9 Å². The second-order valence-corrected chi connectivity index (χ2v) is 7.54. The molecule has 0 spiro atoms. The fourth-order valence-corrected chi connectivity index (χ4v) is 3.90. The predicted octanol–water partition coefficient (Wildman–Crippen LogP) is 3.89. The summed E-state index contributed by atoms with van der Waals surface area (Å²) in [4.78, 5) is 12.1. The van der Waals surface area contributed by atoms with Crippen LogP contribution in [0.3, 0.4) is 0 Å². The predicted molar refractivity (Wildman–Crippen MR) is 75.6 cm³/mol. The maximum absolute atomic E-state index is 11.6. The van der Waals surface area contributed by atoms with Gasteiger partial charge in [0, 0.05) is 4.83 Å². The quantitative estimate of drug-likeness (QED) is 0.561. The smallest absolute Gasteiger partial charge is 0.307 e. The van der Waals surface area contributed by atoms with Crippen molar-refractivity contribution in [1.82, 2.24) is 0 Å². The zero-order valence-corrected chi connectivity index (χ0v) is 13.0. The van der Waals surface area contributed by atoms with Gasteiger partial charge in [0.15, 0.2) is 0 Å². The van der Waals surface area contributed by atoms with E-state index in [1.807, 2.05) is 6.92 Å². The van der Waals surface area contributed by atoms with E-state index in [4.69, 9.17) is 4.74 Å². The van der Waals surface area contributed by atoms with Gasteiger partial charge in [0.1, 0.15) is 0 Å². The van der Waals surface area contributed by atoms with Gasteiger partial charge in [0.25, 0.3) is 0 Å². The Morgan fingerprint density at radius 3 is 3.06 bits per heavy atom. The van der Waals surface area contributed by atoms with E-state index in [-0.39, 0.29) is 10.3 Å². The fourth-order valence-electron chi connectivity index (χ4n) is 2.46. The molecule has 0 aliphatic heterocycles. The average molecular weight is 364 g/mol. The highest BCUT2D eigenvalue weighted by molar-refractivity contribution is 9.10. The molecule has 17 heavy (non-hydrogen) atoms. The molecule has 0 aromatic carbocycles. The summed E-state index contributed by atoms with van der Waals surface area (Å²) in [6, 6.07) is 0. The molecule has 0 heterocycles. The van der Waals surface area contributed by atoms with E-state index >= 15 is 0 Å². The van der Waals surface area contributed by atoms with E-state index in [2.05, 4.69) is 44.0 Å². The Bertz CT molecular complexity index is 387. The molecule has 4 heteroatoms. The maximum atomic E-state index is 11.6. The molecule has 0 amide bonds. The second-order valence-electron chi connectivity index (χ2n) is 4.66. The minimum Gasteiger partial charge on any atom is -0.466 e. The number of carbonyl (C=O) groups excluding carboxylic acids is 1. The summed E-state index contributed by atoms with van der Waals surface area (Å²) in [5, 5.41) is 0. The van der Waals surface area contributed by atoms with Crippen LogP contribution in [0.2, 0.25) is 0 Å². The summed E-state index contributed by atoms with van der Waals surface area (Å²) in [5.41, 5.74) is 2.90. The Morgan fingerprint density at radius 1 is 1.59 bits per heavy atom. The van der Waals surface area contributed by atoms with Crippen molar-refractivity contribution in [3.05, 3.63) is 23.3 Å². The third-order valence-corrected chi connectivity index (χ3v) is 4.67. The van der Waals surface area contributed by atoms with Crippen molar-refractivity contribution in [2.75, 3.05) is 6.61 Å². The van der Waals surface area contributed by atoms with Gasteiger partial charge in [-0.05, 0) is 31.8 Å². The molecule has 0 aromatic heterocycles. The number of esters is 1. The largest absolute Gasteiger partial charge is 0.466 e. The molecule has 2 aliphatic rings. The summed E-state index contributed by atoms with van der Waals surface area (Å²) in [6.45, 7) is 2.28. The third-order valence-electron chi connectivity index (χ3n) is 3.20. The number of allylic oxidation sites excluding steroid dienone is 4. The molecule has 0 N–H and O–H groups in total. The molecule has 0 radical (unpaired) electrons. The van der Waals surface area contributed by atoms with Crippen molar-refractivity contribution >= 4 is 37.8 Å². The lowest BCUT2D eigenvalue weighted by Gasteiger charge is -2.27. The summed E-state index contributed by atoms with van der Waals surface area (Å²) >= 11 is 7.35. The maximum Gasteiger partial charge on any atom is 0.307 e. The zero-order chi connectivity index (χ0) is 12.5. The molecule has 0 saturated carbocycles. The Hall–Kier alpha value is -0.0900. The molecule has 0 saturated heterocycles. The van der Waals surface area contributed by atoms with E-state index in [0.29, 0.717) is 17.9 Å². The lowest BCUT2D eigenvalue weighted by molar-refractivity contribution is -0.143. The standard InChI is InChI=1S/C13H16Br2O2/c1-2-17-12(16)8-13(15)4-3-9-5-11(14)6-10(9)7-13/h3-4,11H,2,5-8H2,1H3. The molecular weight excluding hydrogens is 348 g/mol. The van der Waals surface area contributed by atoms with Crippen LogP contribution < -0.4 is 0 Å². The Morgan fingerprint density at radius 2 is 2.35 bits per heavy atom. The highest BCUT2D eigenvalue weighted by Gasteiger charge is 2.35. The van der Waals surface area contributed by atoms with Crippen LogP contribution in [0.1, 0.15) is 32.6 Å². The first kappa shape index (κ1) is 13.3. The van der Waals surface area contributed by atoms with Gasteiger partial charge in [0.2, 0.25) is 0 Å². The van der Waals surface area contributed by atoms with Crippen LogP contribution in [0.4, 0.5) is 0 Å². The summed E-state index contributed by atoms with van der Waals surface area (Å²) in [6.07, 6.45) is 7.78. The Balaban J connectivity index is 2.01. The van der Waals surface area contributed by atoms with Crippen molar-refractivity contribution in [1.29, 1.82) is 0 Å². The number of halogens is 2. The minimum atomic E-state index is -0.241. The second kappa shape index (κ2) is 5.27. The van der Waals surface area contributed by atoms with Crippen LogP contribution in [0, 0.1) is 0 Å². The van der Waals surface area contributed by atoms with Crippen LogP contribution in [0.15, 0.2) is 23.3 Å². The van der Waals surface area contributed by atoms with Gasteiger partial charge in [-0.3, -0.25) is 4.79 Å². The van der Waals surface area contributed by atoms with Gasteiger partial charge >= 0.3 is 5.97 Å². The van der Waals surface area contributed by atoms with Gasteiger partial charge in [-0.25, -0.2) is 0 Å². The van der Waals surface area contributed by atoms with Crippen LogP contribution in [-0.2, 0) is 9.53 Å². The first-order valence-electron chi connectivity index (χ1n) is 5.91. The van der Waals surface area contributed by atoms with E-state index in [0.717, 1.165) is 19.3 Å². The Kier molecular flexibility index (Phi) is 4.14. The van der Waals surface area contributed by atoms with Crippen molar-refractivity contribution in [3.63, 3.8) is 0 Å². The lowest BCUT2D eigenvalue weighted by Crippen LogP contribution is -2.26. The van der Waals surface area contributed by atoms with Crippen molar-refractivity contribution in [2.45, 2.75) is 41.8 Å². The van der Waals surface area contributed by atoms with E-state index in [1.54, 1.807) is 0 Å². The number of alkyl halides is 2. The first-order valence-corrected chi connectivity index (χ1v) is 7.62. The topological polar surface area (TPSA) is 26.3 Å². The van der Waals surface area contributed by atoms with Gasteiger partial charge in [0.05, 0.1) is 17.4 Å². The summed E-state index contributed by atoms with van der Waals surface area (Å²) in [7, 11) is 0. The van der Waals surface area contributed by atoms with Crippen LogP contribution in [0.25, 0.3) is 0 Å². The molecule has 2 nitrogen and oxygen atoms in total. The van der Waals surface area contributed by atoms with E-state index < -0.39 is 0 Å². The molecule has 0 fully saturated rings. The fraction of sp³-hybridized carbons (Fsp3) is 0.615.